The van der Waals surface area contributed by atoms with Crippen molar-refractivity contribution in [2.75, 3.05) is 11.5 Å². The highest BCUT2D eigenvalue weighted by Gasteiger charge is 2.35. The maximum absolute atomic E-state index is 13.3. The number of aryl methyl sites for hydroxylation is 1. The number of rotatable bonds is 7. The van der Waals surface area contributed by atoms with Crippen LogP contribution < -0.4 is 19.7 Å². The van der Waals surface area contributed by atoms with Crippen LogP contribution in [0.5, 0.6) is 11.5 Å². The molecular weight excluding hydrogens is 519 g/mol. The Morgan fingerprint density at radius 3 is 2.53 bits per heavy atom. The number of anilines is 1. The summed E-state index contributed by atoms with van der Waals surface area (Å²) in [7, 11) is 0. The molecule has 3 aromatic rings. The van der Waals surface area contributed by atoms with E-state index in [9.17, 15) is 9.59 Å². The average molecular weight is 541 g/mol. The molecule has 2 amide bonds. The van der Waals surface area contributed by atoms with Gasteiger partial charge in [-0.25, -0.2) is 0 Å². The number of thiocarbonyl (C=S) groups is 1. The molecule has 0 spiro atoms. The molecule has 1 N–H and O–H groups in total. The van der Waals surface area contributed by atoms with E-state index in [1.165, 1.54) is 6.08 Å². The van der Waals surface area contributed by atoms with E-state index in [0.29, 0.717) is 30.3 Å². The zero-order chi connectivity index (χ0) is 25.8. The lowest BCUT2D eigenvalue weighted by atomic mass is 10.1. The molecule has 1 heterocycles. The van der Waals surface area contributed by atoms with Gasteiger partial charge in [-0.3, -0.25) is 19.8 Å². The van der Waals surface area contributed by atoms with Crippen LogP contribution in [0.2, 0.25) is 10.0 Å². The van der Waals surface area contributed by atoms with Gasteiger partial charge in [0.2, 0.25) is 0 Å². The maximum Gasteiger partial charge on any atom is 0.270 e. The number of halogens is 2. The largest absolute Gasteiger partial charge is 0.490 e. The number of carbonyl (C=O) groups excluding carboxylic acids is 2. The van der Waals surface area contributed by atoms with Crippen LogP contribution >= 0.6 is 35.4 Å². The third-order valence-electron chi connectivity index (χ3n) is 5.33. The van der Waals surface area contributed by atoms with Crippen molar-refractivity contribution in [3.05, 3.63) is 93.0 Å². The second kappa shape index (κ2) is 11.1. The molecule has 4 rings (SSSR count). The lowest BCUT2D eigenvalue weighted by Gasteiger charge is -2.29. The molecule has 6 nitrogen and oxygen atoms in total. The molecule has 0 radical (unpaired) electrons. The summed E-state index contributed by atoms with van der Waals surface area (Å²) < 4.78 is 11.8. The zero-order valence-corrected chi connectivity index (χ0v) is 21.8. The molecule has 1 aliphatic rings. The van der Waals surface area contributed by atoms with Crippen molar-refractivity contribution in [2.24, 2.45) is 0 Å². The third-order valence-corrected chi connectivity index (χ3v) is 6.42. The molecule has 1 fully saturated rings. The second-order valence-electron chi connectivity index (χ2n) is 7.95. The first kappa shape index (κ1) is 25.7. The van der Waals surface area contributed by atoms with Gasteiger partial charge in [0.25, 0.3) is 11.8 Å². The smallest absolute Gasteiger partial charge is 0.270 e. The Balaban J connectivity index is 1.63. The highest BCUT2D eigenvalue weighted by atomic mass is 35.5. The summed E-state index contributed by atoms with van der Waals surface area (Å²) in [5.74, 6) is -0.190. The standard InChI is InChI=1S/C27H22Cl2N2O4S/c1-3-34-23-14-17(10-11-22(23)35-15-18-7-4-6-16(2)12-18)13-19-25(32)30-27(36)31(26(19)33)21-9-5-8-20(28)24(21)29/h4-14H,3,15H2,1-2H3,(H,30,32,36)/b19-13+. The van der Waals surface area contributed by atoms with Gasteiger partial charge >= 0.3 is 0 Å². The molecule has 0 aliphatic carbocycles. The molecule has 184 valence electrons. The molecule has 0 bridgehead atoms. The first-order valence-corrected chi connectivity index (χ1v) is 12.3. The SMILES string of the molecule is CCOc1cc(/C=C2\C(=O)NC(=S)N(c3cccc(Cl)c3Cl)C2=O)ccc1OCc1cccc(C)c1. The minimum atomic E-state index is -0.620. The van der Waals surface area contributed by atoms with Gasteiger partial charge in [-0.15, -0.1) is 0 Å². The lowest BCUT2D eigenvalue weighted by Crippen LogP contribution is -2.54. The van der Waals surface area contributed by atoms with Crippen molar-refractivity contribution in [2.45, 2.75) is 20.5 Å². The molecule has 1 saturated heterocycles. The van der Waals surface area contributed by atoms with Gasteiger partial charge in [-0.05, 0) is 67.5 Å². The van der Waals surface area contributed by atoms with Crippen molar-refractivity contribution >= 4 is 64.1 Å². The Labute approximate surface area is 224 Å². The summed E-state index contributed by atoms with van der Waals surface area (Å²) in [6.07, 6.45) is 1.47. The van der Waals surface area contributed by atoms with Crippen LogP contribution in [-0.4, -0.2) is 23.5 Å². The number of ether oxygens (including phenoxy) is 2. The predicted molar refractivity (Wildman–Crippen MR) is 146 cm³/mol. The van der Waals surface area contributed by atoms with Crippen LogP contribution in [0.15, 0.2) is 66.2 Å². The third kappa shape index (κ3) is 5.54. The first-order chi connectivity index (χ1) is 17.3. The summed E-state index contributed by atoms with van der Waals surface area (Å²) in [5.41, 5.74) is 2.91. The van der Waals surface area contributed by atoms with Crippen LogP contribution in [-0.2, 0) is 16.2 Å². The number of nitrogens with one attached hydrogen (secondary N) is 1. The summed E-state index contributed by atoms with van der Waals surface area (Å²) in [4.78, 5) is 27.2. The Hall–Kier alpha value is -3.39. The zero-order valence-electron chi connectivity index (χ0n) is 19.5. The number of hydrogen-bond donors (Lipinski definition) is 1. The fraction of sp³-hybridized carbons (Fsp3) is 0.148. The van der Waals surface area contributed by atoms with Crippen molar-refractivity contribution in [1.29, 1.82) is 0 Å². The summed E-state index contributed by atoms with van der Waals surface area (Å²) in [5, 5.41) is 2.87. The Morgan fingerprint density at radius 1 is 1.00 bits per heavy atom. The molecule has 1 aliphatic heterocycles. The maximum atomic E-state index is 13.3. The number of benzene rings is 3. The monoisotopic (exact) mass is 540 g/mol. The Kier molecular flexibility index (Phi) is 7.94. The van der Waals surface area contributed by atoms with Crippen molar-refractivity contribution < 1.29 is 19.1 Å². The van der Waals surface area contributed by atoms with Crippen LogP contribution in [0.3, 0.4) is 0 Å². The number of carbonyl (C=O) groups is 2. The van der Waals surface area contributed by atoms with E-state index in [1.807, 2.05) is 32.0 Å². The minimum Gasteiger partial charge on any atom is -0.490 e. The van der Waals surface area contributed by atoms with Gasteiger partial charge < -0.3 is 9.47 Å². The molecule has 0 aromatic heterocycles. The summed E-state index contributed by atoms with van der Waals surface area (Å²) in [6.45, 7) is 4.67. The van der Waals surface area contributed by atoms with E-state index in [-0.39, 0.29) is 26.4 Å². The molecule has 36 heavy (non-hydrogen) atoms. The molecule has 9 heteroatoms. The Morgan fingerprint density at radius 2 is 1.78 bits per heavy atom. The van der Waals surface area contributed by atoms with E-state index in [0.717, 1.165) is 16.0 Å². The van der Waals surface area contributed by atoms with Crippen molar-refractivity contribution in [3.8, 4) is 11.5 Å². The molecule has 3 aromatic carbocycles. The number of amides is 2. The van der Waals surface area contributed by atoms with Gasteiger partial charge in [-0.2, -0.15) is 0 Å². The molecule has 0 saturated carbocycles. The molecular formula is C27H22Cl2N2O4S. The normalized spacial score (nSPS) is 14.7. The second-order valence-corrected chi connectivity index (χ2v) is 9.12. The topological polar surface area (TPSA) is 67.9 Å². The van der Waals surface area contributed by atoms with E-state index in [2.05, 4.69) is 11.4 Å². The molecule has 0 unspecified atom stereocenters. The van der Waals surface area contributed by atoms with Gasteiger partial charge in [0, 0.05) is 0 Å². The van der Waals surface area contributed by atoms with Gasteiger partial charge in [0.1, 0.15) is 12.2 Å². The fourth-order valence-electron chi connectivity index (χ4n) is 3.67. The van der Waals surface area contributed by atoms with E-state index >= 15 is 0 Å². The van der Waals surface area contributed by atoms with Crippen LogP contribution in [0, 0.1) is 6.92 Å². The van der Waals surface area contributed by atoms with Crippen LogP contribution in [0.1, 0.15) is 23.6 Å². The first-order valence-electron chi connectivity index (χ1n) is 11.1. The summed E-state index contributed by atoms with van der Waals surface area (Å²) >= 11 is 17.7. The highest BCUT2D eigenvalue weighted by Crippen LogP contribution is 2.35. The fourth-order valence-corrected chi connectivity index (χ4v) is 4.33. The van der Waals surface area contributed by atoms with Crippen LogP contribution in [0.25, 0.3) is 6.08 Å². The van der Waals surface area contributed by atoms with Gasteiger partial charge in [0.05, 0.1) is 22.3 Å². The van der Waals surface area contributed by atoms with Crippen molar-refractivity contribution in [3.63, 3.8) is 0 Å². The van der Waals surface area contributed by atoms with Crippen molar-refractivity contribution in [1.82, 2.24) is 5.32 Å². The highest BCUT2D eigenvalue weighted by molar-refractivity contribution is 7.80. The van der Waals surface area contributed by atoms with E-state index in [4.69, 9.17) is 44.9 Å². The average Bonchev–Trinajstić information content (AvgIpc) is 2.84. The van der Waals surface area contributed by atoms with Crippen LogP contribution in [0.4, 0.5) is 5.69 Å². The van der Waals surface area contributed by atoms with E-state index in [1.54, 1.807) is 36.4 Å². The van der Waals surface area contributed by atoms with E-state index < -0.39 is 11.8 Å². The molecule has 0 atom stereocenters. The summed E-state index contributed by atoms with van der Waals surface area (Å²) in [6, 6.07) is 18.1. The predicted octanol–water partition coefficient (Wildman–Crippen LogP) is 6.11. The quantitative estimate of drug-likeness (QED) is 0.222. The number of hydrogen-bond acceptors (Lipinski definition) is 5. The minimum absolute atomic E-state index is 0.0822. The van der Waals surface area contributed by atoms with Gasteiger partial charge in [0.15, 0.2) is 16.6 Å². The number of nitrogens with zero attached hydrogens (tertiary/aromatic N) is 1. The Bertz CT molecular complexity index is 1390. The van der Waals surface area contributed by atoms with Gasteiger partial charge in [-0.1, -0.05) is 65.2 Å². The lowest BCUT2D eigenvalue weighted by molar-refractivity contribution is -0.122.